The summed E-state index contributed by atoms with van der Waals surface area (Å²) in [6, 6.07) is 1.95. The van der Waals surface area contributed by atoms with Crippen molar-refractivity contribution in [2.45, 2.75) is 43.6 Å². The topological polar surface area (TPSA) is 63.8 Å². The predicted octanol–water partition coefficient (Wildman–Crippen LogP) is 3.01. The Morgan fingerprint density at radius 3 is 2.79 bits per heavy atom. The lowest BCUT2D eigenvalue weighted by molar-refractivity contribution is 0.736. The zero-order valence-corrected chi connectivity index (χ0v) is 13.2. The maximum atomic E-state index is 5.53. The molecule has 2 atom stereocenters. The van der Waals surface area contributed by atoms with Crippen LogP contribution in [-0.2, 0) is 6.42 Å². The van der Waals surface area contributed by atoms with Crippen LogP contribution in [0.25, 0.3) is 0 Å². The van der Waals surface area contributed by atoms with Gasteiger partial charge in [0.2, 0.25) is 0 Å². The summed E-state index contributed by atoms with van der Waals surface area (Å²) in [5, 5.41) is 1.01. The van der Waals surface area contributed by atoms with Crippen LogP contribution in [0.15, 0.2) is 6.07 Å². The van der Waals surface area contributed by atoms with Gasteiger partial charge in [0.25, 0.3) is 0 Å². The van der Waals surface area contributed by atoms with Crippen LogP contribution in [0.4, 0.5) is 5.82 Å². The van der Waals surface area contributed by atoms with Gasteiger partial charge in [0.15, 0.2) is 0 Å². The number of anilines is 1. The van der Waals surface area contributed by atoms with E-state index in [2.05, 4.69) is 24.3 Å². The average molecular weight is 298 g/mol. The normalized spacial score (nSPS) is 23.3. The third kappa shape index (κ3) is 3.77. The summed E-state index contributed by atoms with van der Waals surface area (Å²) in [5.74, 6) is 9.62. The number of aromatic nitrogens is 2. The average Bonchev–Trinajstić information content (AvgIpc) is 2.47. The molecule has 2 unspecified atom stereocenters. The van der Waals surface area contributed by atoms with Crippen LogP contribution in [-0.4, -0.2) is 26.7 Å². The van der Waals surface area contributed by atoms with E-state index >= 15 is 0 Å². The van der Waals surface area contributed by atoms with Crippen LogP contribution in [0.1, 0.15) is 43.5 Å². The minimum absolute atomic E-state index is 0.396. The second-order valence-corrected chi connectivity index (χ2v) is 7.20. The van der Waals surface area contributed by atoms with Gasteiger partial charge in [-0.3, -0.25) is 0 Å². The molecule has 0 spiro atoms. The summed E-state index contributed by atoms with van der Waals surface area (Å²) in [6.07, 6.45) is 3.23. The van der Waals surface area contributed by atoms with Crippen LogP contribution in [0.2, 0.25) is 0 Å². The van der Waals surface area contributed by atoms with Crippen molar-refractivity contribution in [2.75, 3.05) is 16.9 Å². The Morgan fingerprint density at radius 2 is 2.11 bits per heavy atom. The molecule has 1 aliphatic rings. The Kier molecular flexibility index (Phi) is 5.78. The Morgan fingerprint density at radius 1 is 1.32 bits per heavy atom. The summed E-state index contributed by atoms with van der Waals surface area (Å²) < 4.78 is 0. The number of hydrazine groups is 1. The van der Waals surface area contributed by atoms with E-state index in [0.29, 0.717) is 10.5 Å². The molecule has 0 saturated carbocycles. The van der Waals surface area contributed by atoms with Gasteiger partial charge in [-0.15, -0.1) is 11.8 Å². The van der Waals surface area contributed by atoms with Crippen molar-refractivity contribution < 1.29 is 0 Å². The second-order valence-electron chi connectivity index (χ2n) is 4.61. The molecule has 2 rings (SSSR count). The molecule has 3 N–H and O–H groups in total. The van der Waals surface area contributed by atoms with Gasteiger partial charge in [-0.2, -0.15) is 11.8 Å². The first-order valence-electron chi connectivity index (χ1n) is 6.86. The zero-order valence-electron chi connectivity index (χ0n) is 11.6. The first-order valence-corrected chi connectivity index (χ1v) is 8.95. The van der Waals surface area contributed by atoms with Crippen molar-refractivity contribution in [3.05, 3.63) is 17.6 Å². The summed E-state index contributed by atoms with van der Waals surface area (Å²) in [7, 11) is 0. The number of hydrogen-bond donors (Lipinski definition) is 2. The number of nitrogens with zero attached hydrogens (tertiary/aromatic N) is 2. The maximum absolute atomic E-state index is 5.53. The van der Waals surface area contributed by atoms with Gasteiger partial charge in [0.05, 0.1) is 5.25 Å². The van der Waals surface area contributed by atoms with Crippen molar-refractivity contribution in [3.63, 3.8) is 0 Å². The first kappa shape index (κ1) is 14.9. The number of nitrogens with two attached hydrogens (primary N) is 1. The minimum Gasteiger partial charge on any atom is -0.308 e. The molecule has 0 bridgehead atoms. The van der Waals surface area contributed by atoms with Gasteiger partial charge in [-0.1, -0.05) is 20.3 Å². The smallest absolute Gasteiger partial charge is 0.145 e. The summed E-state index contributed by atoms with van der Waals surface area (Å²) >= 11 is 4.03. The second kappa shape index (κ2) is 7.36. The monoisotopic (exact) mass is 298 g/mol. The highest BCUT2D eigenvalue weighted by Crippen LogP contribution is 2.43. The number of hydrogen-bond acceptors (Lipinski definition) is 6. The molecule has 106 valence electrons. The minimum atomic E-state index is 0.396. The molecule has 4 nitrogen and oxygen atoms in total. The molecule has 6 heteroatoms. The Bertz CT molecular complexity index is 414. The molecule has 0 radical (unpaired) electrons. The zero-order chi connectivity index (χ0) is 13.7. The molecule has 1 aliphatic heterocycles. The standard InChI is InChI=1S/C13H22N4S2/c1-3-5-9-8-11(17-14)16-13(15-9)12-10(4-2)18-6-7-19-12/h8,10,12H,3-7,14H2,1-2H3,(H,15,16,17). The molecule has 19 heavy (non-hydrogen) atoms. The van der Waals surface area contributed by atoms with Crippen molar-refractivity contribution in [3.8, 4) is 0 Å². The Hall–Kier alpha value is -0.460. The predicted molar refractivity (Wildman–Crippen MR) is 85.6 cm³/mol. The lowest BCUT2D eigenvalue weighted by Crippen LogP contribution is -2.22. The fourth-order valence-corrected chi connectivity index (χ4v) is 5.24. The van der Waals surface area contributed by atoms with E-state index in [0.717, 1.165) is 36.6 Å². The van der Waals surface area contributed by atoms with Crippen molar-refractivity contribution in [1.29, 1.82) is 0 Å². The Balaban J connectivity index is 2.28. The molecule has 1 aromatic heterocycles. The van der Waals surface area contributed by atoms with E-state index in [1.165, 1.54) is 11.5 Å². The quantitative estimate of drug-likeness (QED) is 0.643. The van der Waals surface area contributed by atoms with Crippen LogP contribution in [0.5, 0.6) is 0 Å². The third-order valence-electron chi connectivity index (χ3n) is 3.16. The van der Waals surface area contributed by atoms with Gasteiger partial charge in [-0.05, 0) is 12.8 Å². The van der Waals surface area contributed by atoms with Crippen LogP contribution in [0, 0.1) is 0 Å². The van der Waals surface area contributed by atoms with Crippen molar-refractivity contribution in [2.24, 2.45) is 5.84 Å². The van der Waals surface area contributed by atoms with E-state index in [4.69, 9.17) is 10.8 Å². The van der Waals surface area contributed by atoms with Crippen molar-refractivity contribution in [1.82, 2.24) is 9.97 Å². The highest BCUT2D eigenvalue weighted by molar-refractivity contribution is 8.06. The number of nitrogen functional groups attached to an aromatic ring is 1. The highest BCUT2D eigenvalue weighted by atomic mass is 32.2. The fourth-order valence-electron chi connectivity index (χ4n) is 2.25. The van der Waals surface area contributed by atoms with Crippen LogP contribution >= 0.6 is 23.5 Å². The maximum Gasteiger partial charge on any atom is 0.145 e. The van der Waals surface area contributed by atoms with Gasteiger partial charge < -0.3 is 5.43 Å². The lowest BCUT2D eigenvalue weighted by atomic mass is 10.2. The van der Waals surface area contributed by atoms with E-state index in [9.17, 15) is 0 Å². The Labute approximate surface area is 123 Å². The van der Waals surface area contributed by atoms with Gasteiger partial charge in [0, 0.05) is 28.5 Å². The number of aryl methyl sites for hydroxylation is 1. The highest BCUT2D eigenvalue weighted by Gasteiger charge is 2.29. The molecule has 1 aromatic rings. The molecule has 0 amide bonds. The first-order chi connectivity index (χ1) is 9.28. The summed E-state index contributed by atoms with van der Waals surface area (Å²) in [6.45, 7) is 4.41. The SMILES string of the molecule is CCCc1cc(NN)nc(C2SCCSC2CC)n1. The molecular weight excluding hydrogens is 276 g/mol. The summed E-state index contributed by atoms with van der Waals surface area (Å²) in [4.78, 5) is 9.33. The third-order valence-corrected chi connectivity index (χ3v) is 6.40. The number of nitrogens with one attached hydrogen (secondary N) is 1. The number of rotatable bonds is 5. The van der Waals surface area contributed by atoms with Gasteiger partial charge in [0.1, 0.15) is 11.6 Å². The number of thioether (sulfide) groups is 2. The van der Waals surface area contributed by atoms with E-state index < -0.39 is 0 Å². The van der Waals surface area contributed by atoms with E-state index in [1.807, 2.05) is 29.6 Å². The molecule has 0 aliphatic carbocycles. The molecule has 1 saturated heterocycles. The van der Waals surface area contributed by atoms with Crippen LogP contribution in [0.3, 0.4) is 0 Å². The summed E-state index contributed by atoms with van der Waals surface area (Å²) in [5.41, 5.74) is 3.76. The lowest BCUT2D eigenvalue weighted by Gasteiger charge is -2.29. The molecular formula is C13H22N4S2. The largest absolute Gasteiger partial charge is 0.308 e. The fraction of sp³-hybridized carbons (Fsp3) is 0.692. The van der Waals surface area contributed by atoms with Crippen molar-refractivity contribution >= 4 is 29.3 Å². The molecule has 1 fully saturated rings. The van der Waals surface area contributed by atoms with E-state index in [1.54, 1.807) is 0 Å². The van der Waals surface area contributed by atoms with Gasteiger partial charge in [-0.25, -0.2) is 15.8 Å². The van der Waals surface area contributed by atoms with Crippen LogP contribution < -0.4 is 11.3 Å². The van der Waals surface area contributed by atoms with E-state index in [-0.39, 0.29) is 0 Å². The molecule has 2 heterocycles. The molecule has 0 aromatic carbocycles. The van der Waals surface area contributed by atoms with Gasteiger partial charge >= 0.3 is 0 Å².